The van der Waals surface area contributed by atoms with Crippen LogP contribution in [0, 0.1) is 0 Å². The van der Waals surface area contributed by atoms with E-state index >= 15 is 0 Å². The summed E-state index contributed by atoms with van der Waals surface area (Å²) in [7, 11) is 4.29. The molecule has 0 fully saturated rings. The first-order valence-corrected chi connectivity index (χ1v) is 6.11. The second-order valence-corrected chi connectivity index (χ2v) is 5.12. The summed E-state index contributed by atoms with van der Waals surface area (Å²) < 4.78 is 5.90. The third-order valence-electron chi connectivity index (χ3n) is 3.77. The third kappa shape index (κ3) is 1.71. The van der Waals surface area contributed by atoms with Gasteiger partial charge < -0.3 is 15.1 Å². The van der Waals surface area contributed by atoms with E-state index in [1.165, 1.54) is 17.4 Å². The van der Waals surface area contributed by atoms with Crippen LogP contribution in [0.25, 0.3) is 11.0 Å². The van der Waals surface area contributed by atoms with Crippen LogP contribution in [-0.2, 0) is 12.8 Å². The number of rotatable bonds is 1. The fourth-order valence-electron chi connectivity index (χ4n) is 2.72. The summed E-state index contributed by atoms with van der Waals surface area (Å²) in [4.78, 5) is 2.30. The zero-order valence-electron chi connectivity index (χ0n) is 10.4. The Morgan fingerprint density at radius 1 is 1.35 bits per heavy atom. The predicted octanol–water partition coefficient (Wildman–Crippen LogP) is 2.43. The number of nitrogens with two attached hydrogens (primary N) is 1. The minimum Gasteiger partial charge on any atom is -0.461 e. The van der Waals surface area contributed by atoms with E-state index in [9.17, 15) is 0 Å². The minimum atomic E-state index is 0.615. The van der Waals surface area contributed by atoms with E-state index in [0.717, 1.165) is 29.9 Å². The predicted molar refractivity (Wildman–Crippen MR) is 70.1 cm³/mol. The average molecular weight is 230 g/mol. The molecule has 1 aliphatic carbocycles. The van der Waals surface area contributed by atoms with E-state index in [1.807, 2.05) is 18.2 Å². The van der Waals surface area contributed by atoms with E-state index in [0.29, 0.717) is 6.04 Å². The molecule has 1 aromatic heterocycles. The molecule has 0 bridgehead atoms. The van der Waals surface area contributed by atoms with Gasteiger partial charge >= 0.3 is 0 Å². The van der Waals surface area contributed by atoms with Gasteiger partial charge in [-0.15, -0.1) is 0 Å². The smallest absolute Gasteiger partial charge is 0.134 e. The zero-order chi connectivity index (χ0) is 12.0. The first kappa shape index (κ1) is 10.7. The number of aryl methyl sites for hydroxylation is 1. The molecule has 1 atom stereocenters. The van der Waals surface area contributed by atoms with Crippen LogP contribution in [0.3, 0.4) is 0 Å². The molecule has 2 N–H and O–H groups in total. The van der Waals surface area contributed by atoms with Crippen molar-refractivity contribution >= 4 is 16.7 Å². The molecule has 3 rings (SSSR count). The molecule has 3 heteroatoms. The first-order valence-electron chi connectivity index (χ1n) is 6.11. The van der Waals surface area contributed by atoms with Gasteiger partial charge in [0, 0.05) is 29.1 Å². The second-order valence-electron chi connectivity index (χ2n) is 5.12. The maximum absolute atomic E-state index is 5.90. The van der Waals surface area contributed by atoms with Gasteiger partial charge in [0.1, 0.15) is 11.3 Å². The highest BCUT2D eigenvalue weighted by Gasteiger charge is 2.25. The van der Waals surface area contributed by atoms with Gasteiger partial charge in [-0.1, -0.05) is 0 Å². The average Bonchev–Trinajstić information content (AvgIpc) is 2.66. The topological polar surface area (TPSA) is 42.4 Å². The van der Waals surface area contributed by atoms with Crippen molar-refractivity contribution in [3.63, 3.8) is 0 Å². The van der Waals surface area contributed by atoms with E-state index in [1.54, 1.807) is 0 Å². The molecule has 0 aliphatic heterocycles. The monoisotopic (exact) mass is 230 g/mol. The fourth-order valence-corrected chi connectivity index (χ4v) is 2.72. The lowest BCUT2D eigenvalue weighted by atomic mass is 9.91. The maximum atomic E-state index is 5.90. The third-order valence-corrected chi connectivity index (χ3v) is 3.77. The van der Waals surface area contributed by atoms with E-state index < -0.39 is 0 Å². The summed E-state index contributed by atoms with van der Waals surface area (Å²) in [6, 6.07) is 6.54. The standard InChI is InChI=1S/C14H18N2O/c1-16(2)10-4-6-14-12(8-10)11-7-9(15)3-5-13(11)17-14/h3,5,7,10H,4,6,8,15H2,1-2H3. The summed E-state index contributed by atoms with van der Waals surface area (Å²) in [6.45, 7) is 0. The summed E-state index contributed by atoms with van der Waals surface area (Å²) in [6.07, 6.45) is 3.28. The Morgan fingerprint density at radius 2 is 2.18 bits per heavy atom. The largest absolute Gasteiger partial charge is 0.461 e. The molecule has 2 aromatic rings. The number of hydrogen-bond donors (Lipinski definition) is 1. The molecule has 1 unspecified atom stereocenters. The molecule has 0 amide bonds. The van der Waals surface area contributed by atoms with Crippen LogP contribution in [-0.4, -0.2) is 25.0 Å². The van der Waals surface area contributed by atoms with Crippen molar-refractivity contribution in [1.82, 2.24) is 4.90 Å². The van der Waals surface area contributed by atoms with Crippen molar-refractivity contribution in [2.24, 2.45) is 0 Å². The van der Waals surface area contributed by atoms with Crippen molar-refractivity contribution in [3.8, 4) is 0 Å². The van der Waals surface area contributed by atoms with Crippen LogP contribution < -0.4 is 5.73 Å². The molecule has 0 radical (unpaired) electrons. The lowest BCUT2D eigenvalue weighted by molar-refractivity contribution is 0.261. The normalized spacial score (nSPS) is 19.8. The number of benzene rings is 1. The van der Waals surface area contributed by atoms with Crippen molar-refractivity contribution in [2.45, 2.75) is 25.3 Å². The number of nitrogens with zero attached hydrogens (tertiary/aromatic N) is 1. The van der Waals surface area contributed by atoms with Crippen LogP contribution in [0.1, 0.15) is 17.7 Å². The number of likely N-dealkylation sites (N-methyl/N-ethyl adjacent to an activating group) is 1. The minimum absolute atomic E-state index is 0.615. The van der Waals surface area contributed by atoms with E-state index in [4.69, 9.17) is 10.2 Å². The Labute approximate surface area is 101 Å². The van der Waals surface area contributed by atoms with Crippen molar-refractivity contribution in [1.29, 1.82) is 0 Å². The molecule has 0 saturated heterocycles. The van der Waals surface area contributed by atoms with Gasteiger partial charge in [-0.3, -0.25) is 0 Å². The summed E-state index contributed by atoms with van der Waals surface area (Å²) in [5, 5.41) is 1.20. The second kappa shape index (κ2) is 3.77. The molecule has 0 saturated carbocycles. The zero-order valence-corrected chi connectivity index (χ0v) is 10.4. The molecular weight excluding hydrogens is 212 g/mol. The van der Waals surface area contributed by atoms with Crippen LogP contribution in [0.2, 0.25) is 0 Å². The number of furan rings is 1. The lowest BCUT2D eigenvalue weighted by Crippen LogP contribution is -2.33. The number of nitrogen functional groups attached to an aromatic ring is 1. The quantitative estimate of drug-likeness (QED) is 0.765. The Morgan fingerprint density at radius 3 is 2.94 bits per heavy atom. The van der Waals surface area contributed by atoms with E-state index in [-0.39, 0.29) is 0 Å². The Kier molecular flexibility index (Phi) is 2.37. The lowest BCUT2D eigenvalue weighted by Gasteiger charge is -2.27. The van der Waals surface area contributed by atoms with Gasteiger partial charge in [-0.05, 0) is 45.1 Å². The van der Waals surface area contributed by atoms with Gasteiger partial charge in [0.25, 0.3) is 0 Å². The van der Waals surface area contributed by atoms with Gasteiger partial charge in [0.2, 0.25) is 0 Å². The highest BCUT2D eigenvalue weighted by molar-refractivity contribution is 5.85. The summed E-state index contributed by atoms with van der Waals surface area (Å²) in [5.74, 6) is 1.16. The summed E-state index contributed by atoms with van der Waals surface area (Å²) >= 11 is 0. The number of hydrogen-bond acceptors (Lipinski definition) is 3. The molecule has 17 heavy (non-hydrogen) atoms. The fraction of sp³-hybridized carbons (Fsp3) is 0.429. The van der Waals surface area contributed by atoms with Crippen LogP contribution in [0.15, 0.2) is 22.6 Å². The number of anilines is 1. The maximum Gasteiger partial charge on any atom is 0.134 e. The number of fused-ring (bicyclic) bond motifs is 3. The molecule has 3 nitrogen and oxygen atoms in total. The van der Waals surface area contributed by atoms with E-state index in [2.05, 4.69) is 19.0 Å². The molecular formula is C14H18N2O. The Hall–Kier alpha value is -1.48. The molecule has 1 aromatic carbocycles. The highest BCUT2D eigenvalue weighted by atomic mass is 16.3. The molecule has 90 valence electrons. The van der Waals surface area contributed by atoms with Crippen molar-refractivity contribution in [3.05, 3.63) is 29.5 Å². The van der Waals surface area contributed by atoms with Gasteiger partial charge in [-0.2, -0.15) is 0 Å². The molecule has 1 aliphatic rings. The first-order chi connectivity index (χ1) is 8.15. The molecule has 1 heterocycles. The summed E-state index contributed by atoms with van der Waals surface area (Å²) in [5.41, 5.74) is 9.01. The SMILES string of the molecule is CN(C)C1CCc2oc3ccc(N)cc3c2C1. The van der Waals surface area contributed by atoms with Crippen molar-refractivity contribution in [2.75, 3.05) is 19.8 Å². The van der Waals surface area contributed by atoms with Gasteiger partial charge in [0.15, 0.2) is 0 Å². The van der Waals surface area contributed by atoms with Gasteiger partial charge in [0.05, 0.1) is 0 Å². The van der Waals surface area contributed by atoms with Crippen LogP contribution >= 0.6 is 0 Å². The van der Waals surface area contributed by atoms with Crippen LogP contribution in [0.4, 0.5) is 5.69 Å². The highest BCUT2D eigenvalue weighted by Crippen LogP contribution is 2.33. The van der Waals surface area contributed by atoms with Crippen LogP contribution in [0.5, 0.6) is 0 Å². The van der Waals surface area contributed by atoms with Gasteiger partial charge in [-0.25, -0.2) is 0 Å². The Balaban J connectivity index is 2.10. The Bertz CT molecular complexity index is 557. The molecule has 0 spiro atoms. The van der Waals surface area contributed by atoms with Crippen molar-refractivity contribution < 1.29 is 4.42 Å².